The van der Waals surface area contributed by atoms with Gasteiger partial charge in [-0.1, -0.05) is 18.2 Å². The van der Waals surface area contributed by atoms with Crippen LogP contribution in [-0.2, 0) is 6.54 Å². The Morgan fingerprint density at radius 2 is 2.08 bits per heavy atom. The van der Waals surface area contributed by atoms with Gasteiger partial charge < -0.3 is 0 Å². The minimum atomic E-state index is 0.498. The van der Waals surface area contributed by atoms with Crippen molar-refractivity contribution in [2.24, 2.45) is 0 Å². The number of fused-ring (bicyclic) bond motifs is 1. The van der Waals surface area contributed by atoms with Gasteiger partial charge in [0.25, 0.3) is 0 Å². The Balaban J connectivity index is 2.22. The first-order valence-electron chi connectivity index (χ1n) is 4.33. The molecule has 0 aliphatic carbocycles. The second-order valence-corrected chi connectivity index (χ2v) is 3.42. The van der Waals surface area contributed by atoms with Crippen LogP contribution in [0.2, 0.25) is 0 Å². The van der Waals surface area contributed by atoms with E-state index >= 15 is 0 Å². The van der Waals surface area contributed by atoms with Gasteiger partial charge in [-0.25, -0.2) is 0 Å². The highest BCUT2D eigenvalue weighted by Crippen LogP contribution is 2.25. The second kappa shape index (κ2) is 2.79. The lowest BCUT2D eigenvalue weighted by molar-refractivity contribution is 0.182. The topological polar surface area (TPSA) is 17.3 Å². The van der Waals surface area contributed by atoms with E-state index in [0.29, 0.717) is 6.04 Å². The van der Waals surface area contributed by atoms with Crippen molar-refractivity contribution in [1.82, 2.24) is 10.4 Å². The van der Waals surface area contributed by atoms with Crippen molar-refractivity contribution in [3.05, 3.63) is 29.8 Å². The molecule has 0 bridgehead atoms. The highest BCUT2D eigenvalue weighted by atomic mass is 15.5. The first-order chi connectivity index (χ1) is 5.77. The Morgan fingerprint density at radius 1 is 1.33 bits per heavy atom. The van der Waals surface area contributed by atoms with E-state index in [9.17, 15) is 0 Å². The van der Waals surface area contributed by atoms with E-state index in [1.807, 2.05) is 6.07 Å². The van der Waals surface area contributed by atoms with Gasteiger partial charge in [0.05, 0.1) is 5.69 Å². The SMILES string of the molecule is CC(C)N1Cc2ccccc2[N]1. The van der Waals surface area contributed by atoms with Gasteiger partial charge in [0, 0.05) is 12.6 Å². The third-order valence-electron chi connectivity index (χ3n) is 2.16. The van der Waals surface area contributed by atoms with E-state index in [0.717, 1.165) is 12.2 Å². The Morgan fingerprint density at radius 3 is 2.75 bits per heavy atom. The summed E-state index contributed by atoms with van der Waals surface area (Å²) in [5.41, 5.74) is 6.95. The number of hydrogen-bond acceptors (Lipinski definition) is 1. The number of hydrogen-bond donors (Lipinski definition) is 0. The normalized spacial score (nSPS) is 16.2. The van der Waals surface area contributed by atoms with Crippen molar-refractivity contribution in [3.63, 3.8) is 0 Å². The summed E-state index contributed by atoms with van der Waals surface area (Å²) in [6.45, 7) is 5.29. The first kappa shape index (κ1) is 7.62. The average Bonchev–Trinajstić information content (AvgIpc) is 2.46. The Hall–Kier alpha value is -1.02. The second-order valence-electron chi connectivity index (χ2n) is 3.42. The van der Waals surface area contributed by atoms with Crippen molar-refractivity contribution in [1.29, 1.82) is 0 Å². The van der Waals surface area contributed by atoms with E-state index in [1.165, 1.54) is 5.56 Å². The predicted molar refractivity (Wildman–Crippen MR) is 48.9 cm³/mol. The van der Waals surface area contributed by atoms with Gasteiger partial charge in [-0.05, 0) is 25.5 Å². The summed E-state index contributed by atoms with van der Waals surface area (Å²) in [4.78, 5) is 0. The molecule has 1 heterocycles. The average molecular weight is 161 g/mol. The van der Waals surface area contributed by atoms with Crippen LogP contribution in [0, 0.1) is 0 Å². The van der Waals surface area contributed by atoms with Gasteiger partial charge in [-0.3, -0.25) is 0 Å². The van der Waals surface area contributed by atoms with Crippen LogP contribution in [0.5, 0.6) is 0 Å². The third kappa shape index (κ3) is 1.18. The minimum absolute atomic E-state index is 0.498. The molecule has 0 unspecified atom stereocenters. The number of rotatable bonds is 1. The van der Waals surface area contributed by atoms with E-state index in [4.69, 9.17) is 0 Å². The molecule has 1 aliphatic heterocycles. The molecular formula is C10H13N2. The molecule has 0 N–H and O–H groups in total. The van der Waals surface area contributed by atoms with E-state index < -0.39 is 0 Å². The van der Waals surface area contributed by atoms with E-state index in [-0.39, 0.29) is 0 Å². The summed E-state index contributed by atoms with van der Waals surface area (Å²) in [6.07, 6.45) is 0. The van der Waals surface area contributed by atoms with Crippen LogP contribution in [0.1, 0.15) is 19.4 Å². The maximum atomic E-state index is 4.48. The summed E-state index contributed by atoms with van der Waals surface area (Å²) in [7, 11) is 0. The molecule has 2 nitrogen and oxygen atoms in total. The fourth-order valence-electron chi connectivity index (χ4n) is 1.39. The zero-order chi connectivity index (χ0) is 8.55. The number of benzene rings is 1. The summed E-state index contributed by atoms with van der Waals surface area (Å²) >= 11 is 0. The molecule has 0 amide bonds. The Labute approximate surface area is 73.2 Å². The maximum absolute atomic E-state index is 4.48. The predicted octanol–water partition coefficient (Wildman–Crippen LogP) is 2.06. The van der Waals surface area contributed by atoms with E-state index in [2.05, 4.69) is 42.5 Å². The van der Waals surface area contributed by atoms with Gasteiger partial charge in [-0.15, -0.1) is 0 Å². The molecule has 1 aromatic rings. The molecule has 0 atom stereocenters. The highest BCUT2D eigenvalue weighted by molar-refractivity contribution is 5.46. The molecule has 0 aromatic heterocycles. The molecule has 1 radical (unpaired) electrons. The lowest BCUT2D eigenvalue weighted by Crippen LogP contribution is -2.29. The summed E-state index contributed by atoms with van der Waals surface area (Å²) in [6, 6.07) is 8.81. The van der Waals surface area contributed by atoms with Gasteiger partial charge in [0.1, 0.15) is 0 Å². The Kier molecular flexibility index (Phi) is 1.77. The monoisotopic (exact) mass is 161 g/mol. The highest BCUT2D eigenvalue weighted by Gasteiger charge is 2.21. The van der Waals surface area contributed by atoms with E-state index in [1.54, 1.807) is 0 Å². The van der Waals surface area contributed by atoms with Crippen LogP contribution >= 0.6 is 0 Å². The van der Waals surface area contributed by atoms with Gasteiger partial charge >= 0.3 is 0 Å². The third-order valence-corrected chi connectivity index (χ3v) is 2.16. The smallest absolute Gasteiger partial charge is 0.0822 e. The molecule has 0 fully saturated rings. The van der Waals surface area contributed by atoms with Gasteiger partial charge in [0.15, 0.2) is 0 Å². The number of nitrogens with zero attached hydrogens (tertiary/aromatic N) is 2. The Bertz CT molecular complexity index is 256. The van der Waals surface area contributed by atoms with Gasteiger partial charge in [0.2, 0.25) is 0 Å². The van der Waals surface area contributed by atoms with Crippen LogP contribution in [0.3, 0.4) is 0 Å². The van der Waals surface area contributed by atoms with Crippen LogP contribution in [0.25, 0.3) is 0 Å². The lowest BCUT2D eigenvalue weighted by atomic mass is 10.2. The molecule has 0 spiro atoms. The minimum Gasteiger partial charge on any atom is -0.199 e. The molecule has 0 saturated heterocycles. The molecule has 12 heavy (non-hydrogen) atoms. The standard InChI is InChI=1S/C10H13N2/c1-8(2)12-7-9-5-3-4-6-10(9)11-12/h3-6,8H,7H2,1-2H3. The van der Waals surface area contributed by atoms with Crippen molar-refractivity contribution >= 4 is 5.69 Å². The van der Waals surface area contributed by atoms with Crippen LogP contribution < -0.4 is 5.43 Å². The first-order valence-corrected chi connectivity index (χ1v) is 4.33. The summed E-state index contributed by atoms with van der Waals surface area (Å²) in [5, 5.41) is 2.12. The fraction of sp³-hybridized carbons (Fsp3) is 0.400. The fourth-order valence-corrected chi connectivity index (χ4v) is 1.39. The van der Waals surface area contributed by atoms with Crippen LogP contribution in [0.15, 0.2) is 24.3 Å². The zero-order valence-corrected chi connectivity index (χ0v) is 7.49. The largest absolute Gasteiger partial charge is 0.199 e. The molecule has 2 rings (SSSR count). The molecular weight excluding hydrogens is 148 g/mol. The van der Waals surface area contributed by atoms with Crippen LogP contribution in [0.4, 0.5) is 5.69 Å². The zero-order valence-electron chi connectivity index (χ0n) is 7.49. The van der Waals surface area contributed by atoms with Crippen molar-refractivity contribution in [2.75, 3.05) is 0 Å². The molecule has 0 saturated carbocycles. The van der Waals surface area contributed by atoms with Crippen molar-refractivity contribution in [2.45, 2.75) is 26.4 Å². The van der Waals surface area contributed by atoms with Crippen LogP contribution in [-0.4, -0.2) is 11.1 Å². The van der Waals surface area contributed by atoms with Gasteiger partial charge in [-0.2, -0.15) is 10.4 Å². The molecule has 1 aliphatic rings. The maximum Gasteiger partial charge on any atom is 0.0822 e. The molecule has 2 heteroatoms. The van der Waals surface area contributed by atoms with Crippen molar-refractivity contribution in [3.8, 4) is 0 Å². The summed E-state index contributed by atoms with van der Waals surface area (Å²) in [5.74, 6) is 0. The molecule has 1 aromatic carbocycles. The lowest BCUT2D eigenvalue weighted by Gasteiger charge is -2.17. The molecule has 63 valence electrons. The quantitative estimate of drug-likeness (QED) is 0.616. The van der Waals surface area contributed by atoms with Crippen molar-refractivity contribution < 1.29 is 0 Å². The summed E-state index contributed by atoms with van der Waals surface area (Å²) < 4.78 is 0.